The van der Waals surface area contributed by atoms with E-state index in [-0.39, 0.29) is 35.1 Å². The Kier molecular flexibility index (Phi) is 6.81. The standard InChI is InChI=1S/C12H14F3NS.ClH/c1-8(2)7-11(16)9-3-5-10(6-4-9)17-12(13,14)15;/h3-6,11H,1,7,16H2,2H3;1H/t11-;/m1./s1. The molecule has 0 radical (unpaired) electrons. The fraction of sp³-hybridized carbons (Fsp3) is 0.333. The predicted molar refractivity (Wildman–Crippen MR) is 72.0 cm³/mol. The maximum absolute atomic E-state index is 12.1. The van der Waals surface area contributed by atoms with Gasteiger partial charge in [0.2, 0.25) is 0 Å². The molecule has 1 aromatic rings. The van der Waals surface area contributed by atoms with Crippen LogP contribution in [0.4, 0.5) is 13.2 Å². The summed E-state index contributed by atoms with van der Waals surface area (Å²) in [5, 5.41) is 0. The summed E-state index contributed by atoms with van der Waals surface area (Å²) in [6, 6.07) is 5.92. The lowest BCUT2D eigenvalue weighted by atomic mass is 10.0. The molecule has 1 rings (SSSR count). The Labute approximate surface area is 115 Å². The number of hydrogen-bond acceptors (Lipinski definition) is 2. The largest absolute Gasteiger partial charge is 0.446 e. The Morgan fingerprint density at radius 2 is 1.83 bits per heavy atom. The minimum Gasteiger partial charge on any atom is -0.324 e. The molecule has 0 saturated carbocycles. The summed E-state index contributed by atoms with van der Waals surface area (Å²) in [4.78, 5) is 0.170. The van der Waals surface area contributed by atoms with Crippen LogP contribution in [0.3, 0.4) is 0 Å². The van der Waals surface area contributed by atoms with E-state index in [1.165, 1.54) is 12.1 Å². The van der Waals surface area contributed by atoms with Crippen molar-refractivity contribution in [1.29, 1.82) is 0 Å². The number of halogens is 4. The van der Waals surface area contributed by atoms with Crippen LogP contribution in [0.2, 0.25) is 0 Å². The van der Waals surface area contributed by atoms with Crippen LogP contribution < -0.4 is 5.73 Å². The summed E-state index contributed by atoms with van der Waals surface area (Å²) in [6.45, 7) is 5.62. The molecule has 1 atom stereocenters. The Hall–Kier alpha value is -0.650. The lowest BCUT2D eigenvalue weighted by Gasteiger charge is -2.12. The van der Waals surface area contributed by atoms with Gasteiger partial charge in [0.25, 0.3) is 0 Å². The second-order valence-electron chi connectivity index (χ2n) is 3.88. The number of benzene rings is 1. The third kappa shape index (κ3) is 6.33. The Morgan fingerprint density at radius 3 is 2.22 bits per heavy atom. The molecule has 0 aliphatic carbocycles. The SMILES string of the molecule is C=C(C)C[C@@H](N)c1ccc(SC(F)(F)F)cc1.Cl. The molecular formula is C12H15ClF3NS. The van der Waals surface area contributed by atoms with Gasteiger partial charge in [0.1, 0.15) is 0 Å². The predicted octanol–water partition coefficient (Wildman–Crippen LogP) is 4.69. The quantitative estimate of drug-likeness (QED) is 0.645. The summed E-state index contributed by atoms with van der Waals surface area (Å²) < 4.78 is 36.3. The van der Waals surface area contributed by atoms with Crippen LogP contribution in [0.1, 0.15) is 24.9 Å². The zero-order chi connectivity index (χ0) is 13.1. The lowest BCUT2D eigenvalue weighted by Crippen LogP contribution is -2.10. The molecule has 0 amide bonds. The van der Waals surface area contributed by atoms with Gasteiger partial charge in [0.05, 0.1) is 0 Å². The maximum atomic E-state index is 12.1. The highest BCUT2D eigenvalue weighted by Gasteiger charge is 2.29. The van der Waals surface area contributed by atoms with Gasteiger partial charge in [0.15, 0.2) is 0 Å². The molecule has 0 aliphatic rings. The Balaban J connectivity index is 0.00000289. The number of thioether (sulfide) groups is 1. The molecule has 0 bridgehead atoms. The third-order valence-corrected chi connectivity index (χ3v) is 2.85. The molecular weight excluding hydrogens is 283 g/mol. The first kappa shape index (κ1) is 17.4. The smallest absolute Gasteiger partial charge is 0.324 e. The maximum Gasteiger partial charge on any atom is 0.446 e. The molecule has 102 valence electrons. The highest BCUT2D eigenvalue weighted by Crippen LogP contribution is 2.37. The fourth-order valence-electron chi connectivity index (χ4n) is 1.41. The van der Waals surface area contributed by atoms with Crippen LogP contribution >= 0.6 is 24.2 Å². The van der Waals surface area contributed by atoms with E-state index in [0.29, 0.717) is 6.42 Å². The first-order valence-corrected chi connectivity index (χ1v) is 5.85. The molecule has 1 nitrogen and oxygen atoms in total. The minimum absolute atomic E-state index is 0. The van der Waals surface area contributed by atoms with Crippen molar-refractivity contribution < 1.29 is 13.2 Å². The van der Waals surface area contributed by atoms with Crippen molar-refractivity contribution in [2.45, 2.75) is 29.8 Å². The van der Waals surface area contributed by atoms with Gasteiger partial charge in [-0.1, -0.05) is 17.7 Å². The molecule has 0 aliphatic heterocycles. The molecule has 0 saturated heterocycles. The molecule has 0 spiro atoms. The van der Waals surface area contributed by atoms with E-state index in [1.54, 1.807) is 12.1 Å². The molecule has 0 aromatic heterocycles. The van der Waals surface area contributed by atoms with E-state index in [2.05, 4.69) is 6.58 Å². The highest BCUT2D eigenvalue weighted by molar-refractivity contribution is 8.00. The van der Waals surface area contributed by atoms with Crippen molar-refractivity contribution >= 4 is 24.2 Å². The number of alkyl halides is 3. The first-order valence-electron chi connectivity index (χ1n) is 5.03. The van der Waals surface area contributed by atoms with Crippen LogP contribution in [0.25, 0.3) is 0 Å². The molecule has 18 heavy (non-hydrogen) atoms. The van der Waals surface area contributed by atoms with Crippen molar-refractivity contribution in [3.05, 3.63) is 42.0 Å². The van der Waals surface area contributed by atoms with Gasteiger partial charge in [0, 0.05) is 10.9 Å². The second kappa shape index (κ2) is 7.07. The van der Waals surface area contributed by atoms with E-state index < -0.39 is 5.51 Å². The van der Waals surface area contributed by atoms with Crippen LogP contribution in [0.15, 0.2) is 41.3 Å². The monoisotopic (exact) mass is 297 g/mol. The topological polar surface area (TPSA) is 26.0 Å². The number of hydrogen-bond donors (Lipinski definition) is 1. The number of rotatable bonds is 4. The summed E-state index contributed by atoms with van der Waals surface area (Å²) in [7, 11) is 0. The van der Waals surface area contributed by atoms with E-state index in [9.17, 15) is 13.2 Å². The molecule has 6 heteroatoms. The summed E-state index contributed by atoms with van der Waals surface area (Å²) in [5.74, 6) is 0. The van der Waals surface area contributed by atoms with E-state index >= 15 is 0 Å². The average molecular weight is 298 g/mol. The second-order valence-corrected chi connectivity index (χ2v) is 5.02. The van der Waals surface area contributed by atoms with Gasteiger partial charge in [-0.3, -0.25) is 0 Å². The highest BCUT2D eigenvalue weighted by atomic mass is 35.5. The Morgan fingerprint density at radius 1 is 1.33 bits per heavy atom. The van der Waals surface area contributed by atoms with Crippen molar-refractivity contribution in [3.63, 3.8) is 0 Å². The van der Waals surface area contributed by atoms with Crippen molar-refractivity contribution in [2.75, 3.05) is 0 Å². The summed E-state index contributed by atoms with van der Waals surface area (Å²) in [6.07, 6.45) is 0.631. The van der Waals surface area contributed by atoms with Gasteiger partial charge >= 0.3 is 5.51 Å². The zero-order valence-electron chi connectivity index (χ0n) is 9.83. The number of nitrogens with two attached hydrogens (primary N) is 1. The van der Waals surface area contributed by atoms with Crippen LogP contribution in [0.5, 0.6) is 0 Å². The summed E-state index contributed by atoms with van der Waals surface area (Å²) in [5.41, 5.74) is 3.40. The molecule has 0 fully saturated rings. The molecule has 2 N–H and O–H groups in total. The van der Waals surface area contributed by atoms with Crippen LogP contribution in [-0.4, -0.2) is 5.51 Å². The Bertz CT molecular complexity index is 389. The van der Waals surface area contributed by atoms with Gasteiger partial charge < -0.3 is 5.73 Å². The zero-order valence-corrected chi connectivity index (χ0v) is 11.5. The van der Waals surface area contributed by atoms with E-state index in [4.69, 9.17) is 5.73 Å². The first-order chi connectivity index (χ1) is 7.78. The fourth-order valence-corrected chi connectivity index (χ4v) is 1.95. The van der Waals surface area contributed by atoms with Gasteiger partial charge in [-0.15, -0.1) is 19.0 Å². The van der Waals surface area contributed by atoms with Crippen molar-refractivity contribution in [1.82, 2.24) is 0 Å². The van der Waals surface area contributed by atoms with Crippen LogP contribution in [-0.2, 0) is 0 Å². The van der Waals surface area contributed by atoms with Gasteiger partial charge in [-0.2, -0.15) is 13.2 Å². The summed E-state index contributed by atoms with van der Waals surface area (Å²) >= 11 is -0.123. The minimum atomic E-state index is -4.25. The molecule has 0 unspecified atom stereocenters. The van der Waals surface area contributed by atoms with E-state index in [1.807, 2.05) is 6.92 Å². The third-order valence-electron chi connectivity index (χ3n) is 2.11. The van der Waals surface area contributed by atoms with Gasteiger partial charge in [-0.25, -0.2) is 0 Å². The average Bonchev–Trinajstić information content (AvgIpc) is 2.15. The lowest BCUT2D eigenvalue weighted by molar-refractivity contribution is -0.0328. The van der Waals surface area contributed by atoms with Gasteiger partial charge in [-0.05, 0) is 42.8 Å². The molecule has 1 aromatic carbocycles. The normalized spacial score (nSPS) is 12.7. The molecule has 0 heterocycles. The van der Waals surface area contributed by atoms with Crippen LogP contribution in [0, 0.1) is 0 Å². The van der Waals surface area contributed by atoms with Crippen molar-refractivity contribution in [3.8, 4) is 0 Å². The van der Waals surface area contributed by atoms with E-state index in [0.717, 1.165) is 11.1 Å². The van der Waals surface area contributed by atoms with Crippen molar-refractivity contribution in [2.24, 2.45) is 5.73 Å².